The zero-order valence-corrected chi connectivity index (χ0v) is 10.8. The third kappa shape index (κ3) is 1.92. The van der Waals surface area contributed by atoms with E-state index in [2.05, 4.69) is 57.1 Å². The maximum absolute atomic E-state index is 3.77. The minimum Gasteiger partial charge on any atom is -0.254 e. The van der Waals surface area contributed by atoms with Crippen molar-refractivity contribution >= 4 is 15.9 Å². The molecule has 16 heavy (non-hydrogen) atoms. The standard InChI is InChI=1S/C13H17BrN2/c14-10-6-7-12-11(8-10)13(16-15-12)9-4-2-1-3-5-9/h1-5,10-13,15-16H,6-8H2. The zero-order valence-electron chi connectivity index (χ0n) is 9.20. The molecule has 2 nitrogen and oxygen atoms in total. The summed E-state index contributed by atoms with van der Waals surface area (Å²) < 4.78 is 0. The van der Waals surface area contributed by atoms with Crippen molar-refractivity contribution in [2.75, 3.05) is 0 Å². The summed E-state index contributed by atoms with van der Waals surface area (Å²) in [6.45, 7) is 0. The van der Waals surface area contributed by atoms with E-state index in [1.165, 1.54) is 24.8 Å². The van der Waals surface area contributed by atoms with E-state index in [0.29, 0.717) is 16.9 Å². The topological polar surface area (TPSA) is 24.1 Å². The minimum absolute atomic E-state index is 0.478. The number of rotatable bonds is 1. The van der Waals surface area contributed by atoms with Crippen LogP contribution in [0.25, 0.3) is 0 Å². The van der Waals surface area contributed by atoms with Crippen molar-refractivity contribution in [1.29, 1.82) is 0 Å². The highest BCUT2D eigenvalue weighted by Crippen LogP contribution is 2.39. The molecule has 4 atom stereocenters. The molecule has 1 aliphatic carbocycles. The fourth-order valence-electron chi connectivity index (χ4n) is 2.99. The average Bonchev–Trinajstić information content (AvgIpc) is 2.73. The summed E-state index contributed by atoms with van der Waals surface area (Å²) in [6.07, 6.45) is 3.83. The third-order valence-electron chi connectivity index (χ3n) is 3.85. The van der Waals surface area contributed by atoms with E-state index in [1.54, 1.807) is 0 Å². The Balaban J connectivity index is 1.82. The van der Waals surface area contributed by atoms with E-state index in [4.69, 9.17) is 0 Å². The molecule has 0 spiro atoms. The Bertz CT molecular complexity index is 354. The SMILES string of the molecule is BrC1CCC2NNC(c3ccccc3)C2C1. The molecular formula is C13H17BrN2. The molecule has 0 aromatic heterocycles. The molecule has 3 rings (SSSR count). The van der Waals surface area contributed by atoms with Gasteiger partial charge in [-0.25, -0.2) is 5.43 Å². The van der Waals surface area contributed by atoms with Crippen LogP contribution in [0.5, 0.6) is 0 Å². The van der Waals surface area contributed by atoms with Gasteiger partial charge >= 0.3 is 0 Å². The minimum atomic E-state index is 0.478. The molecule has 86 valence electrons. The van der Waals surface area contributed by atoms with Crippen molar-refractivity contribution in [3.05, 3.63) is 35.9 Å². The highest BCUT2D eigenvalue weighted by molar-refractivity contribution is 9.09. The molecule has 0 bridgehead atoms. The summed E-state index contributed by atoms with van der Waals surface area (Å²) >= 11 is 3.77. The first kappa shape index (κ1) is 10.8. The van der Waals surface area contributed by atoms with Crippen LogP contribution in [-0.2, 0) is 0 Å². The van der Waals surface area contributed by atoms with Crippen LogP contribution >= 0.6 is 15.9 Å². The Morgan fingerprint density at radius 3 is 2.69 bits per heavy atom. The van der Waals surface area contributed by atoms with Crippen molar-refractivity contribution in [3.8, 4) is 0 Å². The van der Waals surface area contributed by atoms with E-state index in [9.17, 15) is 0 Å². The van der Waals surface area contributed by atoms with E-state index >= 15 is 0 Å². The van der Waals surface area contributed by atoms with Gasteiger partial charge < -0.3 is 0 Å². The molecule has 0 amide bonds. The molecule has 1 aromatic carbocycles. The largest absolute Gasteiger partial charge is 0.254 e. The maximum atomic E-state index is 3.77. The molecule has 1 aliphatic heterocycles. The Morgan fingerprint density at radius 1 is 1.06 bits per heavy atom. The normalized spacial score (nSPS) is 38.3. The first-order valence-electron chi connectivity index (χ1n) is 6.04. The number of halogens is 1. The highest BCUT2D eigenvalue weighted by atomic mass is 79.9. The van der Waals surface area contributed by atoms with Crippen LogP contribution in [-0.4, -0.2) is 10.9 Å². The molecule has 1 saturated carbocycles. The lowest BCUT2D eigenvalue weighted by Gasteiger charge is -2.30. The van der Waals surface area contributed by atoms with Crippen LogP contribution in [0.1, 0.15) is 30.9 Å². The van der Waals surface area contributed by atoms with Gasteiger partial charge in [-0.1, -0.05) is 46.3 Å². The van der Waals surface area contributed by atoms with E-state index in [1.807, 2.05) is 0 Å². The molecule has 1 aromatic rings. The van der Waals surface area contributed by atoms with E-state index in [0.717, 1.165) is 5.92 Å². The Labute approximate surface area is 105 Å². The maximum Gasteiger partial charge on any atom is 0.0506 e. The molecule has 0 radical (unpaired) electrons. The van der Waals surface area contributed by atoms with Gasteiger partial charge in [0.2, 0.25) is 0 Å². The van der Waals surface area contributed by atoms with Crippen molar-refractivity contribution in [1.82, 2.24) is 10.9 Å². The number of alkyl halides is 1. The summed E-state index contributed by atoms with van der Waals surface area (Å²) in [7, 11) is 0. The van der Waals surface area contributed by atoms with Gasteiger partial charge in [0.25, 0.3) is 0 Å². The van der Waals surface area contributed by atoms with Gasteiger partial charge in [-0.15, -0.1) is 0 Å². The van der Waals surface area contributed by atoms with Crippen molar-refractivity contribution in [2.45, 2.75) is 36.2 Å². The van der Waals surface area contributed by atoms with Crippen LogP contribution in [0.15, 0.2) is 30.3 Å². The molecule has 1 heterocycles. The Kier molecular flexibility index (Phi) is 3.01. The number of benzene rings is 1. The lowest BCUT2D eigenvalue weighted by molar-refractivity contribution is 0.316. The summed E-state index contributed by atoms with van der Waals surface area (Å²) in [5.74, 6) is 0.723. The second-order valence-electron chi connectivity index (χ2n) is 4.86. The molecular weight excluding hydrogens is 264 g/mol. The van der Waals surface area contributed by atoms with Gasteiger partial charge in [0, 0.05) is 10.9 Å². The van der Waals surface area contributed by atoms with E-state index in [-0.39, 0.29) is 0 Å². The lowest BCUT2D eigenvalue weighted by Crippen LogP contribution is -2.35. The van der Waals surface area contributed by atoms with Crippen LogP contribution in [0, 0.1) is 5.92 Å². The van der Waals surface area contributed by atoms with Gasteiger partial charge in [-0.3, -0.25) is 5.43 Å². The molecule has 4 unspecified atom stereocenters. The Hall–Kier alpha value is -0.380. The van der Waals surface area contributed by atoms with Gasteiger partial charge in [0.05, 0.1) is 6.04 Å². The van der Waals surface area contributed by atoms with Gasteiger partial charge in [-0.2, -0.15) is 0 Å². The van der Waals surface area contributed by atoms with Crippen molar-refractivity contribution < 1.29 is 0 Å². The Morgan fingerprint density at radius 2 is 1.88 bits per heavy atom. The third-order valence-corrected chi connectivity index (χ3v) is 4.68. The fourth-order valence-corrected chi connectivity index (χ4v) is 3.69. The zero-order chi connectivity index (χ0) is 11.0. The highest BCUT2D eigenvalue weighted by Gasteiger charge is 2.40. The van der Waals surface area contributed by atoms with Crippen LogP contribution in [0.2, 0.25) is 0 Å². The van der Waals surface area contributed by atoms with Crippen molar-refractivity contribution in [2.24, 2.45) is 5.92 Å². The van der Waals surface area contributed by atoms with Gasteiger partial charge in [0.1, 0.15) is 0 Å². The second kappa shape index (κ2) is 4.47. The summed E-state index contributed by atoms with van der Waals surface area (Å²) in [4.78, 5) is 0.696. The molecule has 3 heteroatoms. The van der Waals surface area contributed by atoms with Gasteiger partial charge in [0.15, 0.2) is 0 Å². The predicted molar refractivity (Wildman–Crippen MR) is 69.3 cm³/mol. The first-order valence-corrected chi connectivity index (χ1v) is 6.96. The smallest absolute Gasteiger partial charge is 0.0506 e. The first-order chi connectivity index (χ1) is 7.84. The number of hydrogen-bond donors (Lipinski definition) is 2. The van der Waals surface area contributed by atoms with Crippen LogP contribution in [0.4, 0.5) is 0 Å². The summed E-state index contributed by atoms with van der Waals surface area (Å²) in [6, 6.07) is 11.9. The van der Waals surface area contributed by atoms with Crippen LogP contribution in [0.3, 0.4) is 0 Å². The summed E-state index contributed by atoms with van der Waals surface area (Å²) in [5, 5.41) is 0. The predicted octanol–water partition coefficient (Wildman–Crippen LogP) is 2.77. The number of nitrogens with one attached hydrogen (secondary N) is 2. The summed E-state index contributed by atoms with van der Waals surface area (Å²) in [5.41, 5.74) is 8.33. The molecule has 2 fully saturated rings. The number of hydrazine groups is 1. The van der Waals surface area contributed by atoms with Gasteiger partial charge in [-0.05, 0) is 30.7 Å². The van der Waals surface area contributed by atoms with Crippen LogP contribution < -0.4 is 10.9 Å². The number of fused-ring (bicyclic) bond motifs is 1. The van der Waals surface area contributed by atoms with E-state index < -0.39 is 0 Å². The molecule has 2 aliphatic rings. The molecule has 1 saturated heterocycles. The molecule has 2 N–H and O–H groups in total. The second-order valence-corrected chi connectivity index (χ2v) is 6.15. The quantitative estimate of drug-likeness (QED) is 0.773. The average molecular weight is 281 g/mol. The monoisotopic (exact) mass is 280 g/mol. The lowest BCUT2D eigenvalue weighted by atomic mass is 9.79. The number of hydrogen-bond acceptors (Lipinski definition) is 2. The van der Waals surface area contributed by atoms with Crippen molar-refractivity contribution in [3.63, 3.8) is 0 Å². The fraction of sp³-hybridized carbons (Fsp3) is 0.538.